The second-order valence-electron chi connectivity index (χ2n) is 8.86. The summed E-state index contributed by atoms with van der Waals surface area (Å²) in [6.45, 7) is 1.70. The molecule has 0 radical (unpaired) electrons. The van der Waals surface area contributed by atoms with Crippen LogP contribution in [0.5, 0.6) is 11.5 Å². The molecule has 2 heterocycles. The van der Waals surface area contributed by atoms with Gasteiger partial charge in [0.25, 0.3) is 0 Å². The highest BCUT2D eigenvalue weighted by molar-refractivity contribution is 5.74. The van der Waals surface area contributed by atoms with Crippen molar-refractivity contribution in [3.8, 4) is 11.5 Å². The molecule has 1 atom stereocenters. The Balaban J connectivity index is 1.27. The van der Waals surface area contributed by atoms with E-state index in [1.165, 1.54) is 5.01 Å². The Morgan fingerprint density at radius 2 is 1.57 bits per heavy atom. The number of hydrazine groups is 1. The third-order valence-electron chi connectivity index (χ3n) is 6.31. The number of carbonyl (C=O) groups is 2. The normalized spacial score (nSPS) is 16.1. The van der Waals surface area contributed by atoms with Gasteiger partial charge in [-0.05, 0) is 36.1 Å². The van der Waals surface area contributed by atoms with E-state index in [0.29, 0.717) is 24.5 Å². The average Bonchev–Trinajstić information content (AvgIpc) is 3.43. The minimum absolute atomic E-state index is 0.0908. The molecule has 192 valence electrons. The molecule has 37 heavy (non-hydrogen) atoms. The van der Waals surface area contributed by atoms with Crippen LogP contribution in [0.1, 0.15) is 24.0 Å². The van der Waals surface area contributed by atoms with Crippen molar-refractivity contribution in [1.29, 1.82) is 0 Å². The predicted molar refractivity (Wildman–Crippen MR) is 136 cm³/mol. The fourth-order valence-corrected chi connectivity index (χ4v) is 4.41. The third-order valence-corrected chi connectivity index (χ3v) is 6.31. The maximum absolute atomic E-state index is 13.2. The lowest BCUT2D eigenvalue weighted by molar-refractivity contribution is 0.0432. The summed E-state index contributed by atoms with van der Waals surface area (Å²) in [6, 6.07) is 24.2. The molecule has 3 aromatic carbocycles. The van der Waals surface area contributed by atoms with Gasteiger partial charge in [0.2, 0.25) is 6.79 Å². The molecule has 5 rings (SSSR count). The van der Waals surface area contributed by atoms with Crippen molar-refractivity contribution in [2.24, 2.45) is 0 Å². The first kappa shape index (κ1) is 24.3. The van der Waals surface area contributed by atoms with Crippen LogP contribution in [0.2, 0.25) is 0 Å². The van der Waals surface area contributed by atoms with Gasteiger partial charge >= 0.3 is 12.2 Å². The van der Waals surface area contributed by atoms with Crippen LogP contribution in [-0.2, 0) is 22.7 Å². The first-order valence-electron chi connectivity index (χ1n) is 12.3. The monoisotopic (exact) mass is 503 g/mol. The van der Waals surface area contributed by atoms with E-state index in [1.54, 1.807) is 0 Å². The fraction of sp³-hybridized carbons (Fsp3) is 0.286. The molecule has 2 aliphatic rings. The van der Waals surface area contributed by atoms with E-state index in [4.69, 9.17) is 18.9 Å². The standard InChI is InChI=1S/C28H29N3O6/c32-27(34-18-21-8-3-1-4-9-21)29-31(28(33)35-19-22-10-5-2-6-11-22)24-12-7-15-30(17-24)23-13-14-25-26(16-23)37-20-36-25/h1-6,8-11,13-14,16,24H,7,12,15,17-20H2,(H,29,32). The van der Waals surface area contributed by atoms with E-state index in [9.17, 15) is 9.59 Å². The Kier molecular flexibility index (Phi) is 7.59. The second-order valence-corrected chi connectivity index (χ2v) is 8.86. The minimum atomic E-state index is -0.722. The highest BCUT2D eigenvalue weighted by atomic mass is 16.7. The van der Waals surface area contributed by atoms with Crippen LogP contribution in [0.3, 0.4) is 0 Å². The zero-order valence-corrected chi connectivity index (χ0v) is 20.4. The lowest BCUT2D eigenvalue weighted by Crippen LogP contribution is -2.57. The molecule has 0 spiro atoms. The molecule has 1 saturated heterocycles. The topological polar surface area (TPSA) is 89.6 Å². The summed E-state index contributed by atoms with van der Waals surface area (Å²) >= 11 is 0. The van der Waals surface area contributed by atoms with Gasteiger partial charge in [-0.3, -0.25) is 0 Å². The molecule has 9 nitrogen and oxygen atoms in total. The molecule has 1 unspecified atom stereocenters. The summed E-state index contributed by atoms with van der Waals surface area (Å²) in [5.74, 6) is 1.41. The molecule has 3 aromatic rings. The number of rotatable bonds is 6. The number of hydrogen-bond donors (Lipinski definition) is 1. The Bertz CT molecular complexity index is 1210. The van der Waals surface area contributed by atoms with Gasteiger partial charge in [0.1, 0.15) is 13.2 Å². The van der Waals surface area contributed by atoms with Gasteiger partial charge in [-0.15, -0.1) is 0 Å². The number of benzene rings is 3. The van der Waals surface area contributed by atoms with E-state index >= 15 is 0 Å². The van der Waals surface area contributed by atoms with Gasteiger partial charge in [0, 0.05) is 24.8 Å². The van der Waals surface area contributed by atoms with Crippen molar-refractivity contribution in [3.05, 3.63) is 90.0 Å². The van der Waals surface area contributed by atoms with Gasteiger partial charge in [-0.25, -0.2) is 20.0 Å². The number of piperidine rings is 1. The number of nitrogens with zero attached hydrogens (tertiary/aromatic N) is 2. The van der Waals surface area contributed by atoms with Crippen molar-refractivity contribution in [3.63, 3.8) is 0 Å². The first-order chi connectivity index (χ1) is 18.2. The predicted octanol–water partition coefficient (Wildman–Crippen LogP) is 4.86. The Morgan fingerprint density at radius 1 is 0.892 bits per heavy atom. The zero-order chi connectivity index (χ0) is 25.5. The van der Waals surface area contributed by atoms with Gasteiger partial charge in [0.05, 0.1) is 6.04 Å². The molecular weight excluding hydrogens is 474 g/mol. The van der Waals surface area contributed by atoms with E-state index in [0.717, 1.165) is 29.8 Å². The molecule has 9 heteroatoms. The molecular formula is C28H29N3O6. The number of carbonyl (C=O) groups excluding carboxylic acids is 2. The molecule has 1 N–H and O–H groups in total. The number of hydrogen-bond acceptors (Lipinski definition) is 7. The first-order valence-corrected chi connectivity index (χ1v) is 12.3. The lowest BCUT2D eigenvalue weighted by atomic mass is 10.0. The zero-order valence-electron chi connectivity index (χ0n) is 20.4. The maximum atomic E-state index is 13.2. The van der Waals surface area contributed by atoms with Gasteiger partial charge in [-0.2, -0.15) is 0 Å². The lowest BCUT2D eigenvalue weighted by Gasteiger charge is -2.39. The summed E-state index contributed by atoms with van der Waals surface area (Å²) in [4.78, 5) is 28.1. The number of anilines is 1. The molecule has 0 aliphatic carbocycles. The van der Waals surface area contributed by atoms with Gasteiger partial charge < -0.3 is 23.8 Å². The SMILES string of the molecule is O=C(NN(C(=O)OCc1ccccc1)C1CCCN(c2ccc3c(c2)OCO3)C1)OCc1ccccc1. The Labute approximate surface area is 215 Å². The largest absolute Gasteiger partial charge is 0.454 e. The maximum Gasteiger partial charge on any atom is 0.429 e. The molecule has 0 saturated carbocycles. The van der Waals surface area contributed by atoms with Crippen molar-refractivity contribution in [2.75, 3.05) is 24.8 Å². The van der Waals surface area contributed by atoms with Gasteiger partial charge in [-0.1, -0.05) is 60.7 Å². The van der Waals surface area contributed by atoms with Crippen molar-refractivity contribution >= 4 is 17.9 Å². The molecule has 2 amide bonds. The number of amides is 2. The summed E-state index contributed by atoms with van der Waals surface area (Å²) in [7, 11) is 0. The van der Waals surface area contributed by atoms with E-state index < -0.39 is 12.2 Å². The Morgan fingerprint density at radius 3 is 2.30 bits per heavy atom. The number of nitrogens with one attached hydrogen (secondary N) is 1. The second kappa shape index (κ2) is 11.6. The molecule has 0 aromatic heterocycles. The quantitative estimate of drug-likeness (QED) is 0.480. The van der Waals surface area contributed by atoms with Crippen molar-refractivity contribution in [1.82, 2.24) is 10.4 Å². The Hall–Kier alpha value is -4.40. The molecule has 2 aliphatic heterocycles. The van der Waals surface area contributed by atoms with Crippen LogP contribution in [-0.4, -0.2) is 43.1 Å². The van der Waals surface area contributed by atoms with Crippen LogP contribution >= 0.6 is 0 Å². The van der Waals surface area contributed by atoms with Crippen LogP contribution in [0.25, 0.3) is 0 Å². The van der Waals surface area contributed by atoms with Crippen LogP contribution in [0.4, 0.5) is 15.3 Å². The van der Waals surface area contributed by atoms with E-state index in [1.807, 2.05) is 78.9 Å². The van der Waals surface area contributed by atoms with Gasteiger partial charge in [0.15, 0.2) is 11.5 Å². The summed E-state index contributed by atoms with van der Waals surface area (Å²) in [6.07, 6.45) is 0.154. The smallest absolute Gasteiger partial charge is 0.429 e. The van der Waals surface area contributed by atoms with E-state index in [2.05, 4.69) is 10.3 Å². The summed E-state index contributed by atoms with van der Waals surface area (Å²) in [5.41, 5.74) is 5.29. The fourth-order valence-electron chi connectivity index (χ4n) is 4.41. The van der Waals surface area contributed by atoms with E-state index in [-0.39, 0.29) is 26.0 Å². The summed E-state index contributed by atoms with van der Waals surface area (Å²) < 4.78 is 21.9. The molecule has 0 bridgehead atoms. The summed E-state index contributed by atoms with van der Waals surface area (Å²) in [5, 5.41) is 1.26. The van der Waals surface area contributed by atoms with Crippen LogP contribution in [0, 0.1) is 0 Å². The number of fused-ring (bicyclic) bond motifs is 1. The third kappa shape index (κ3) is 6.24. The van der Waals surface area contributed by atoms with Crippen LogP contribution < -0.4 is 19.8 Å². The van der Waals surface area contributed by atoms with Crippen molar-refractivity contribution in [2.45, 2.75) is 32.1 Å². The van der Waals surface area contributed by atoms with Crippen molar-refractivity contribution < 1.29 is 28.5 Å². The minimum Gasteiger partial charge on any atom is -0.454 e. The number of ether oxygens (including phenoxy) is 4. The highest BCUT2D eigenvalue weighted by Gasteiger charge is 2.32. The molecule has 1 fully saturated rings. The highest BCUT2D eigenvalue weighted by Crippen LogP contribution is 2.36. The van der Waals surface area contributed by atoms with Crippen LogP contribution in [0.15, 0.2) is 78.9 Å². The average molecular weight is 504 g/mol.